The average molecular weight is 341 g/mol. The molecule has 1 aromatic heterocycles. The van der Waals surface area contributed by atoms with Crippen LogP contribution >= 0.6 is 11.6 Å². The molecule has 0 atom stereocenters. The minimum Gasteiger partial charge on any atom is -0.465 e. The maximum atomic E-state index is 11.4. The first-order valence-corrected chi connectivity index (χ1v) is 7.45. The van der Waals surface area contributed by atoms with E-state index < -0.39 is 0 Å². The maximum Gasteiger partial charge on any atom is 0.337 e. The number of ether oxygens (including phenoxy) is 1. The molecular weight excluding hydrogens is 328 g/mol. The van der Waals surface area contributed by atoms with Crippen molar-refractivity contribution in [2.75, 3.05) is 12.5 Å². The summed E-state index contributed by atoms with van der Waals surface area (Å²) < 4.78 is 4.65. The molecule has 1 heterocycles. The molecule has 0 aliphatic rings. The number of halogens is 1. The molecule has 2 aromatic carbocycles. The number of aromatic nitrogens is 2. The van der Waals surface area contributed by atoms with Gasteiger partial charge in [-0.2, -0.15) is 5.10 Å². The average Bonchev–Trinajstić information content (AvgIpc) is 2.62. The number of hydrogen-bond donors (Lipinski definition) is 1. The van der Waals surface area contributed by atoms with Crippen LogP contribution in [0.5, 0.6) is 0 Å². The highest BCUT2D eigenvalue weighted by atomic mass is 35.5. The van der Waals surface area contributed by atoms with Gasteiger partial charge in [0.15, 0.2) is 11.0 Å². The Balaban J connectivity index is 1.74. The van der Waals surface area contributed by atoms with Crippen LogP contribution in [0.1, 0.15) is 15.9 Å². The zero-order valence-electron chi connectivity index (χ0n) is 12.7. The third kappa shape index (κ3) is 3.49. The first-order valence-electron chi connectivity index (χ1n) is 7.07. The fourth-order valence-corrected chi connectivity index (χ4v) is 2.22. The number of benzene rings is 2. The van der Waals surface area contributed by atoms with Crippen LogP contribution in [0.4, 0.5) is 5.82 Å². The summed E-state index contributed by atoms with van der Waals surface area (Å²) in [5, 5.41) is 4.34. The van der Waals surface area contributed by atoms with Crippen molar-refractivity contribution in [3.63, 3.8) is 0 Å². The Hall–Kier alpha value is -2.99. The maximum absolute atomic E-state index is 11.4. The molecule has 0 aliphatic carbocycles. The minimum absolute atomic E-state index is 0.242. The molecule has 0 bridgehead atoms. The second-order valence-electron chi connectivity index (χ2n) is 4.84. The number of nitrogens with one attached hydrogen (secondary N) is 1. The van der Waals surface area contributed by atoms with E-state index in [-0.39, 0.29) is 11.1 Å². The van der Waals surface area contributed by atoms with Gasteiger partial charge in [0.2, 0.25) is 0 Å². The zero-order chi connectivity index (χ0) is 16.9. The molecule has 3 rings (SSSR count). The van der Waals surface area contributed by atoms with Gasteiger partial charge < -0.3 is 4.74 Å². The molecular formula is C17H13ClN4O2. The fraction of sp³-hybridized carbons (Fsp3) is 0.0588. The summed E-state index contributed by atoms with van der Waals surface area (Å²) in [4.78, 5) is 20.0. The van der Waals surface area contributed by atoms with Crippen molar-refractivity contribution in [1.29, 1.82) is 0 Å². The lowest BCUT2D eigenvalue weighted by molar-refractivity contribution is 0.0600. The normalized spacial score (nSPS) is 10.9. The van der Waals surface area contributed by atoms with Crippen molar-refractivity contribution in [3.05, 3.63) is 64.8 Å². The number of esters is 1. The number of fused-ring (bicyclic) bond motifs is 1. The van der Waals surface area contributed by atoms with Crippen LogP contribution in [-0.2, 0) is 4.74 Å². The molecule has 0 saturated carbocycles. The Morgan fingerprint density at radius 2 is 1.79 bits per heavy atom. The number of carbonyl (C=O) groups excluding carboxylic acids is 1. The van der Waals surface area contributed by atoms with Gasteiger partial charge in [-0.1, -0.05) is 35.9 Å². The van der Waals surface area contributed by atoms with Crippen molar-refractivity contribution in [1.82, 2.24) is 9.97 Å². The van der Waals surface area contributed by atoms with Crippen LogP contribution in [0.25, 0.3) is 11.0 Å². The van der Waals surface area contributed by atoms with Crippen molar-refractivity contribution in [3.8, 4) is 0 Å². The van der Waals surface area contributed by atoms with Crippen LogP contribution in [-0.4, -0.2) is 29.3 Å². The van der Waals surface area contributed by atoms with Gasteiger partial charge in [0.25, 0.3) is 0 Å². The van der Waals surface area contributed by atoms with Crippen molar-refractivity contribution >= 4 is 40.6 Å². The molecule has 0 unspecified atom stereocenters. The lowest BCUT2D eigenvalue weighted by atomic mass is 10.1. The first-order chi connectivity index (χ1) is 11.7. The van der Waals surface area contributed by atoms with Crippen LogP contribution in [0.15, 0.2) is 53.6 Å². The Morgan fingerprint density at radius 3 is 2.46 bits per heavy atom. The van der Waals surface area contributed by atoms with E-state index >= 15 is 0 Å². The van der Waals surface area contributed by atoms with E-state index in [1.54, 1.807) is 30.5 Å². The summed E-state index contributed by atoms with van der Waals surface area (Å²) in [5.74, 6) is -0.00682. The van der Waals surface area contributed by atoms with E-state index in [1.807, 2.05) is 24.3 Å². The van der Waals surface area contributed by atoms with E-state index in [0.29, 0.717) is 11.4 Å². The monoisotopic (exact) mass is 340 g/mol. The number of para-hydroxylation sites is 2. The third-order valence-corrected chi connectivity index (χ3v) is 3.51. The molecule has 0 saturated heterocycles. The van der Waals surface area contributed by atoms with E-state index in [9.17, 15) is 4.79 Å². The summed E-state index contributed by atoms with van der Waals surface area (Å²) >= 11 is 6.10. The van der Waals surface area contributed by atoms with Crippen molar-refractivity contribution in [2.45, 2.75) is 0 Å². The molecule has 7 heteroatoms. The largest absolute Gasteiger partial charge is 0.465 e. The molecule has 0 radical (unpaired) electrons. The molecule has 0 fully saturated rings. The Morgan fingerprint density at radius 1 is 1.12 bits per heavy atom. The van der Waals surface area contributed by atoms with Crippen LogP contribution in [0.3, 0.4) is 0 Å². The lowest BCUT2D eigenvalue weighted by Gasteiger charge is -2.04. The Labute approximate surface area is 143 Å². The summed E-state index contributed by atoms with van der Waals surface area (Å²) in [7, 11) is 1.34. The standard InChI is InChI=1S/C17H13ClN4O2/c1-24-17(23)12-8-6-11(7-9-12)10-19-22-16-15(18)20-13-4-2-3-5-14(13)21-16/h2-10H,1H3,(H,21,22). The molecule has 6 nitrogen and oxygen atoms in total. The number of rotatable bonds is 4. The van der Waals surface area contributed by atoms with Crippen LogP contribution in [0, 0.1) is 0 Å². The second kappa shape index (κ2) is 7.06. The minimum atomic E-state index is -0.380. The van der Waals surface area contributed by atoms with Crippen LogP contribution in [0.2, 0.25) is 5.15 Å². The molecule has 0 aliphatic heterocycles. The van der Waals surface area contributed by atoms with Crippen LogP contribution < -0.4 is 5.43 Å². The summed E-state index contributed by atoms with van der Waals surface area (Å²) in [6.07, 6.45) is 1.59. The molecule has 120 valence electrons. The molecule has 0 amide bonds. The highest BCUT2D eigenvalue weighted by Crippen LogP contribution is 2.20. The smallest absolute Gasteiger partial charge is 0.337 e. The Bertz CT molecular complexity index is 910. The van der Waals surface area contributed by atoms with E-state index in [2.05, 4.69) is 25.2 Å². The number of hydrogen-bond acceptors (Lipinski definition) is 6. The quantitative estimate of drug-likeness (QED) is 0.447. The number of hydrazone groups is 1. The van der Waals surface area contributed by atoms with Gasteiger partial charge in [-0.3, -0.25) is 5.43 Å². The van der Waals surface area contributed by atoms with Gasteiger partial charge >= 0.3 is 5.97 Å². The summed E-state index contributed by atoms with van der Waals surface area (Å²) in [5.41, 5.74) is 5.50. The molecule has 0 spiro atoms. The van der Waals surface area contributed by atoms with E-state index in [1.165, 1.54) is 7.11 Å². The van der Waals surface area contributed by atoms with E-state index in [0.717, 1.165) is 16.6 Å². The molecule has 1 N–H and O–H groups in total. The SMILES string of the molecule is COC(=O)c1ccc(C=NNc2nc3ccccc3nc2Cl)cc1. The van der Waals surface area contributed by atoms with Crippen molar-refractivity contribution in [2.24, 2.45) is 5.10 Å². The highest BCUT2D eigenvalue weighted by Gasteiger charge is 2.06. The number of methoxy groups -OCH3 is 1. The predicted octanol–water partition coefficient (Wildman–Crippen LogP) is 3.52. The number of carbonyl (C=O) groups is 1. The number of anilines is 1. The summed E-state index contributed by atoms with van der Waals surface area (Å²) in [6, 6.07) is 14.3. The van der Waals surface area contributed by atoms with Gasteiger partial charge in [0.1, 0.15) is 0 Å². The highest BCUT2D eigenvalue weighted by molar-refractivity contribution is 6.32. The van der Waals surface area contributed by atoms with Gasteiger partial charge in [-0.25, -0.2) is 14.8 Å². The van der Waals surface area contributed by atoms with Gasteiger partial charge in [0, 0.05) is 0 Å². The first kappa shape index (κ1) is 15.9. The van der Waals surface area contributed by atoms with Gasteiger partial charge in [-0.15, -0.1) is 0 Å². The topological polar surface area (TPSA) is 76.5 Å². The fourth-order valence-electron chi connectivity index (χ4n) is 2.04. The molecule has 3 aromatic rings. The number of nitrogens with zero attached hydrogens (tertiary/aromatic N) is 3. The van der Waals surface area contributed by atoms with Gasteiger partial charge in [0.05, 0.1) is 29.9 Å². The lowest BCUT2D eigenvalue weighted by Crippen LogP contribution is -2.01. The van der Waals surface area contributed by atoms with E-state index in [4.69, 9.17) is 11.6 Å². The Kier molecular flexibility index (Phi) is 4.67. The second-order valence-corrected chi connectivity index (χ2v) is 5.19. The molecule has 24 heavy (non-hydrogen) atoms. The van der Waals surface area contributed by atoms with Crippen molar-refractivity contribution < 1.29 is 9.53 Å². The van der Waals surface area contributed by atoms with Gasteiger partial charge in [-0.05, 0) is 29.8 Å². The summed E-state index contributed by atoms with van der Waals surface area (Å²) in [6.45, 7) is 0. The zero-order valence-corrected chi connectivity index (χ0v) is 13.5. The predicted molar refractivity (Wildman–Crippen MR) is 93.5 cm³/mol. The third-order valence-electron chi connectivity index (χ3n) is 3.24.